The van der Waals surface area contributed by atoms with Gasteiger partial charge in [0.1, 0.15) is 6.10 Å². The molecule has 1 aromatic carbocycles. The molecule has 90 valence electrons. The number of thiophene rings is 1. The molecule has 0 aliphatic carbocycles. The topological polar surface area (TPSA) is 26.3 Å². The number of carbonyl (C=O) groups is 1. The van der Waals surface area contributed by atoms with Gasteiger partial charge >= 0.3 is 0 Å². The van der Waals surface area contributed by atoms with Crippen LogP contribution in [-0.4, -0.2) is 19.0 Å². The summed E-state index contributed by atoms with van der Waals surface area (Å²) < 4.78 is 6.41. The van der Waals surface area contributed by atoms with Crippen LogP contribution in [0.2, 0.25) is 0 Å². The molecule has 1 atom stereocenters. The van der Waals surface area contributed by atoms with Crippen LogP contribution in [-0.2, 0) is 16.0 Å². The van der Waals surface area contributed by atoms with Crippen molar-refractivity contribution < 1.29 is 9.53 Å². The third-order valence-corrected chi connectivity index (χ3v) is 3.95. The molecule has 0 N–H and O–H groups in total. The number of hydrogen-bond acceptors (Lipinski definition) is 3. The average molecular weight is 248 g/mol. The predicted molar refractivity (Wildman–Crippen MR) is 71.6 cm³/mol. The summed E-state index contributed by atoms with van der Waals surface area (Å²) in [5.41, 5.74) is 1.12. The van der Waals surface area contributed by atoms with Crippen LogP contribution >= 0.6 is 11.3 Å². The highest BCUT2D eigenvalue weighted by molar-refractivity contribution is 7.17. The van der Waals surface area contributed by atoms with Gasteiger partial charge in [-0.05, 0) is 28.8 Å². The minimum absolute atomic E-state index is 0.165. The molecule has 3 heteroatoms. The van der Waals surface area contributed by atoms with E-state index >= 15 is 0 Å². The number of rotatable bonds is 5. The molecule has 0 aliphatic heterocycles. The van der Waals surface area contributed by atoms with Gasteiger partial charge in [-0.3, -0.25) is 4.79 Å². The van der Waals surface area contributed by atoms with Crippen molar-refractivity contribution >= 4 is 27.2 Å². The van der Waals surface area contributed by atoms with Crippen molar-refractivity contribution in [3.05, 3.63) is 35.2 Å². The molecule has 1 unspecified atom stereocenters. The Bertz CT molecular complexity index is 512. The van der Waals surface area contributed by atoms with E-state index in [4.69, 9.17) is 4.74 Å². The van der Waals surface area contributed by atoms with Gasteiger partial charge in [0.05, 0.1) is 0 Å². The highest BCUT2D eigenvalue weighted by atomic mass is 32.1. The molecular weight excluding hydrogens is 232 g/mol. The van der Waals surface area contributed by atoms with Gasteiger partial charge in [0.2, 0.25) is 0 Å². The van der Waals surface area contributed by atoms with Gasteiger partial charge < -0.3 is 4.74 Å². The van der Waals surface area contributed by atoms with Crippen LogP contribution in [0, 0.1) is 0 Å². The second-order valence-corrected chi connectivity index (χ2v) is 4.94. The summed E-state index contributed by atoms with van der Waals surface area (Å²) in [4.78, 5) is 12.0. The number of carbonyl (C=O) groups excluding carboxylic acids is 1. The maximum absolute atomic E-state index is 12.0. The summed E-state index contributed by atoms with van der Waals surface area (Å²) in [6.45, 7) is 1.97. The second kappa shape index (κ2) is 5.43. The lowest BCUT2D eigenvalue weighted by molar-refractivity contribution is -0.128. The largest absolute Gasteiger partial charge is 0.374 e. The maximum Gasteiger partial charge on any atom is 0.165 e. The van der Waals surface area contributed by atoms with Gasteiger partial charge in [0.25, 0.3) is 0 Å². The van der Waals surface area contributed by atoms with E-state index in [0.29, 0.717) is 6.42 Å². The smallest absolute Gasteiger partial charge is 0.165 e. The number of ether oxygens (including phenoxy) is 1. The van der Waals surface area contributed by atoms with Crippen molar-refractivity contribution in [3.63, 3.8) is 0 Å². The number of hydrogen-bond donors (Lipinski definition) is 0. The molecule has 0 saturated heterocycles. The Balaban J connectivity index is 2.21. The van der Waals surface area contributed by atoms with E-state index in [-0.39, 0.29) is 11.9 Å². The van der Waals surface area contributed by atoms with Crippen LogP contribution in [0.5, 0.6) is 0 Å². The fourth-order valence-corrected chi connectivity index (χ4v) is 2.96. The lowest BCUT2D eigenvalue weighted by Gasteiger charge is -2.10. The van der Waals surface area contributed by atoms with Gasteiger partial charge in [0.15, 0.2) is 5.78 Å². The SMILES string of the molecule is CCC(OC)C(=O)Cc1csc2ccccc12. The summed E-state index contributed by atoms with van der Waals surface area (Å²) >= 11 is 1.69. The third kappa shape index (κ3) is 2.56. The first-order valence-electron chi connectivity index (χ1n) is 5.77. The van der Waals surface area contributed by atoms with Crippen LogP contribution in [0.1, 0.15) is 18.9 Å². The summed E-state index contributed by atoms with van der Waals surface area (Å²) in [5, 5.41) is 3.27. The molecule has 0 amide bonds. The number of Topliss-reactive ketones (excluding diaryl/α,β-unsaturated/α-hetero) is 1. The average Bonchev–Trinajstić information content (AvgIpc) is 2.74. The lowest BCUT2D eigenvalue weighted by atomic mass is 10.0. The van der Waals surface area contributed by atoms with Crippen LogP contribution in [0.3, 0.4) is 0 Å². The van der Waals surface area contributed by atoms with E-state index in [9.17, 15) is 4.79 Å². The molecule has 1 heterocycles. The van der Waals surface area contributed by atoms with E-state index in [2.05, 4.69) is 17.5 Å². The van der Waals surface area contributed by atoms with Crippen molar-refractivity contribution in [3.8, 4) is 0 Å². The summed E-state index contributed by atoms with van der Waals surface area (Å²) in [6, 6.07) is 8.19. The van der Waals surface area contributed by atoms with Gasteiger partial charge in [-0.25, -0.2) is 0 Å². The monoisotopic (exact) mass is 248 g/mol. The lowest BCUT2D eigenvalue weighted by Crippen LogP contribution is -2.23. The summed E-state index contributed by atoms with van der Waals surface area (Å²) in [7, 11) is 1.60. The Kier molecular flexibility index (Phi) is 3.92. The molecule has 1 aromatic heterocycles. The Hall–Kier alpha value is -1.19. The molecule has 17 heavy (non-hydrogen) atoms. The molecule has 0 spiro atoms. The second-order valence-electron chi connectivity index (χ2n) is 4.03. The number of benzene rings is 1. The zero-order valence-electron chi connectivity index (χ0n) is 10.1. The maximum atomic E-state index is 12.0. The first-order valence-corrected chi connectivity index (χ1v) is 6.64. The van der Waals surface area contributed by atoms with Crippen molar-refractivity contribution in [2.75, 3.05) is 7.11 Å². The van der Waals surface area contributed by atoms with Crippen molar-refractivity contribution in [2.24, 2.45) is 0 Å². The van der Waals surface area contributed by atoms with Gasteiger partial charge in [-0.1, -0.05) is 25.1 Å². The normalized spacial score (nSPS) is 12.8. The Morgan fingerprint density at radius 3 is 2.88 bits per heavy atom. The molecule has 2 nitrogen and oxygen atoms in total. The van der Waals surface area contributed by atoms with Crippen LogP contribution in [0.15, 0.2) is 29.6 Å². The summed E-state index contributed by atoms with van der Waals surface area (Å²) in [6.07, 6.45) is 0.932. The van der Waals surface area contributed by atoms with Crippen LogP contribution in [0.4, 0.5) is 0 Å². The molecule has 2 aromatic rings. The Morgan fingerprint density at radius 1 is 1.41 bits per heavy atom. The van der Waals surface area contributed by atoms with E-state index in [1.165, 1.54) is 10.1 Å². The predicted octanol–water partition coefficient (Wildman–Crippen LogP) is 3.44. The first kappa shape index (κ1) is 12.3. The minimum Gasteiger partial charge on any atom is -0.374 e. The third-order valence-electron chi connectivity index (χ3n) is 2.94. The van der Waals surface area contributed by atoms with Crippen molar-refractivity contribution in [1.29, 1.82) is 0 Å². The van der Waals surface area contributed by atoms with E-state index in [1.54, 1.807) is 18.4 Å². The molecular formula is C14H16O2S. The fraction of sp³-hybridized carbons (Fsp3) is 0.357. The number of ketones is 1. The quantitative estimate of drug-likeness (QED) is 0.810. The molecule has 2 rings (SSSR count). The molecule has 0 saturated carbocycles. The summed E-state index contributed by atoms with van der Waals surface area (Å²) in [5.74, 6) is 0.165. The van der Waals surface area contributed by atoms with Crippen molar-refractivity contribution in [2.45, 2.75) is 25.9 Å². The number of methoxy groups -OCH3 is 1. The van der Waals surface area contributed by atoms with E-state index < -0.39 is 0 Å². The molecule has 0 radical (unpaired) electrons. The molecule has 0 aliphatic rings. The number of fused-ring (bicyclic) bond motifs is 1. The molecule has 0 fully saturated rings. The fourth-order valence-electron chi connectivity index (χ4n) is 2.00. The van der Waals surface area contributed by atoms with Gasteiger partial charge in [0, 0.05) is 18.2 Å². The van der Waals surface area contributed by atoms with E-state index in [1.807, 2.05) is 19.1 Å². The Morgan fingerprint density at radius 2 is 2.18 bits per heavy atom. The minimum atomic E-state index is -0.270. The van der Waals surface area contributed by atoms with Crippen LogP contribution < -0.4 is 0 Å². The highest BCUT2D eigenvalue weighted by Crippen LogP contribution is 2.26. The standard InChI is InChI=1S/C14H16O2S/c1-3-13(16-2)12(15)8-10-9-17-14-7-5-4-6-11(10)14/h4-7,9,13H,3,8H2,1-2H3. The molecule has 0 bridgehead atoms. The first-order chi connectivity index (χ1) is 8.26. The van der Waals surface area contributed by atoms with E-state index in [0.717, 1.165) is 12.0 Å². The zero-order chi connectivity index (χ0) is 12.3. The van der Waals surface area contributed by atoms with Crippen molar-refractivity contribution in [1.82, 2.24) is 0 Å². The highest BCUT2D eigenvalue weighted by Gasteiger charge is 2.17. The zero-order valence-corrected chi connectivity index (χ0v) is 10.9. The van der Waals surface area contributed by atoms with Crippen LogP contribution in [0.25, 0.3) is 10.1 Å². The Labute approximate surface area is 105 Å². The van der Waals surface area contributed by atoms with Gasteiger partial charge in [-0.2, -0.15) is 0 Å². The van der Waals surface area contributed by atoms with Gasteiger partial charge in [-0.15, -0.1) is 11.3 Å².